The highest BCUT2D eigenvalue weighted by Crippen LogP contribution is 2.09. The maximum Gasteiger partial charge on any atom is 0.323 e. The Balaban J connectivity index is 4.02. The molecule has 0 heterocycles. The molecule has 1 N–H and O–H groups in total. The molecule has 0 bridgehead atoms. The van der Waals surface area contributed by atoms with Crippen molar-refractivity contribution in [3.05, 3.63) is 0 Å². The van der Waals surface area contributed by atoms with Gasteiger partial charge in [0.05, 0.1) is 0 Å². The molecule has 0 aromatic heterocycles. The third kappa shape index (κ3) is 4.34. The number of carbonyl (C=O) groups excluding carboxylic acids is 1. The molecule has 72 valence electrons. The van der Waals surface area contributed by atoms with Crippen LogP contribution in [0, 0.1) is 0 Å². The molecule has 0 aliphatic carbocycles. The van der Waals surface area contributed by atoms with Gasteiger partial charge in [0.15, 0.2) is 0 Å². The lowest BCUT2D eigenvalue weighted by atomic mass is 10.2. The minimum absolute atomic E-state index is 0.174. The van der Waals surface area contributed by atoms with E-state index in [1.54, 1.807) is 7.05 Å². The Kier molecular flexibility index (Phi) is 4.24. The fourth-order valence-electron chi connectivity index (χ4n) is 0.862. The summed E-state index contributed by atoms with van der Waals surface area (Å²) >= 11 is 0. The summed E-state index contributed by atoms with van der Waals surface area (Å²) in [5.41, 5.74) is -0.388. The normalized spacial score (nSPS) is 14.1. The van der Waals surface area contributed by atoms with Gasteiger partial charge in [0, 0.05) is 0 Å². The molecule has 3 nitrogen and oxygen atoms in total. The standard InChI is InChI=1S/C9H19NO2/c1-6-7(10-5)8(11)12-9(2,3)4/h7,10H,6H2,1-5H3. The zero-order valence-electron chi connectivity index (χ0n) is 8.60. The molecule has 0 fully saturated rings. The summed E-state index contributed by atoms with van der Waals surface area (Å²) in [6.07, 6.45) is 0.755. The van der Waals surface area contributed by atoms with E-state index in [4.69, 9.17) is 4.74 Å². The van der Waals surface area contributed by atoms with E-state index in [1.165, 1.54) is 0 Å². The van der Waals surface area contributed by atoms with E-state index in [2.05, 4.69) is 5.32 Å². The summed E-state index contributed by atoms with van der Waals surface area (Å²) < 4.78 is 5.18. The molecule has 0 rings (SSSR count). The van der Waals surface area contributed by atoms with Crippen LogP contribution in [-0.4, -0.2) is 24.7 Å². The monoisotopic (exact) mass is 173 g/mol. The van der Waals surface area contributed by atoms with E-state index in [9.17, 15) is 4.79 Å². The summed E-state index contributed by atoms with van der Waals surface area (Å²) in [5.74, 6) is -0.174. The zero-order valence-corrected chi connectivity index (χ0v) is 8.60. The van der Waals surface area contributed by atoms with Crippen molar-refractivity contribution in [2.75, 3.05) is 7.05 Å². The average molecular weight is 173 g/mol. The Morgan fingerprint density at radius 2 is 2.00 bits per heavy atom. The Labute approximate surface area is 74.5 Å². The van der Waals surface area contributed by atoms with Crippen molar-refractivity contribution < 1.29 is 9.53 Å². The van der Waals surface area contributed by atoms with Gasteiger partial charge in [-0.15, -0.1) is 0 Å². The highest BCUT2D eigenvalue weighted by Gasteiger charge is 2.21. The quantitative estimate of drug-likeness (QED) is 0.654. The number of hydrogen-bond acceptors (Lipinski definition) is 3. The van der Waals surface area contributed by atoms with Crippen LogP contribution >= 0.6 is 0 Å². The highest BCUT2D eigenvalue weighted by atomic mass is 16.6. The molecular formula is C9H19NO2. The molecule has 1 atom stereocenters. The van der Waals surface area contributed by atoms with Crippen molar-refractivity contribution in [2.24, 2.45) is 0 Å². The maximum absolute atomic E-state index is 11.3. The van der Waals surface area contributed by atoms with Gasteiger partial charge in [-0.25, -0.2) is 0 Å². The summed E-state index contributed by atoms with van der Waals surface area (Å²) in [7, 11) is 1.76. The van der Waals surface area contributed by atoms with Gasteiger partial charge in [0.25, 0.3) is 0 Å². The van der Waals surface area contributed by atoms with Crippen molar-refractivity contribution >= 4 is 5.97 Å². The molecule has 12 heavy (non-hydrogen) atoms. The second-order valence-corrected chi connectivity index (χ2v) is 3.78. The van der Waals surface area contributed by atoms with E-state index in [1.807, 2.05) is 27.7 Å². The minimum atomic E-state index is -0.388. The number of rotatable bonds is 3. The van der Waals surface area contributed by atoms with Crippen LogP contribution in [0.5, 0.6) is 0 Å². The molecular weight excluding hydrogens is 154 g/mol. The summed E-state index contributed by atoms with van der Waals surface area (Å²) in [6, 6.07) is -0.177. The number of likely N-dealkylation sites (N-methyl/N-ethyl adjacent to an activating group) is 1. The first kappa shape index (κ1) is 11.4. The van der Waals surface area contributed by atoms with Crippen LogP contribution in [0.25, 0.3) is 0 Å². The van der Waals surface area contributed by atoms with Crippen molar-refractivity contribution in [2.45, 2.75) is 45.8 Å². The van der Waals surface area contributed by atoms with E-state index in [0.717, 1.165) is 6.42 Å². The zero-order chi connectivity index (χ0) is 9.78. The average Bonchev–Trinajstić information content (AvgIpc) is 1.85. The second-order valence-electron chi connectivity index (χ2n) is 3.78. The topological polar surface area (TPSA) is 38.3 Å². The first-order chi connectivity index (χ1) is 5.40. The lowest BCUT2D eigenvalue weighted by Crippen LogP contribution is -2.38. The van der Waals surface area contributed by atoms with Gasteiger partial charge in [-0.2, -0.15) is 0 Å². The van der Waals surface area contributed by atoms with E-state index >= 15 is 0 Å². The van der Waals surface area contributed by atoms with Crippen LogP contribution in [0.15, 0.2) is 0 Å². The molecule has 0 aromatic carbocycles. The van der Waals surface area contributed by atoms with Gasteiger partial charge in [0.2, 0.25) is 0 Å². The molecule has 0 radical (unpaired) electrons. The smallest absolute Gasteiger partial charge is 0.323 e. The lowest BCUT2D eigenvalue weighted by molar-refractivity contribution is -0.157. The Morgan fingerprint density at radius 1 is 1.50 bits per heavy atom. The van der Waals surface area contributed by atoms with Crippen LogP contribution in [0.4, 0.5) is 0 Å². The second kappa shape index (κ2) is 4.45. The minimum Gasteiger partial charge on any atom is -0.459 e. The Hall–Kier alpha value is -0.570. The van der Waals surface area contributed by atoms with Gasteiger partial charge < -0.3 is 10.1 Å². The number of esters is 1. The number of hydrogen-bond donors (Lipinski definition) is 1. The van der Waals surface area contributed by atoms with Gasteiger partial charge in [-0.3, -0.25) is 4.79 Å². The van der Waals surface area contributed by atoms with Crippen LogP contribution in [0.1, 0.15) is 34.1 Å². The van der Waals surface area contributed by atoms with Gasteiger partial charge in [-0.05, 0) is 34.2 Å². The number of carbonyl (C=O) groups is 1. The third-order valence-electron chi connectivity index (χ3n) is 1.45. The molecule has 0 amide bonds. The van der Waals surface area contributed by atoms with Crippen LogP contribution < -0.4 is 5.32 Å². The lowest BCUT2D eigenvalue weighted by Gasteiger charge is -2.22. The highest BCUT2D eigenvalue weighted by molar-refractivity contribution is 5.76. The predicted molar refractivity (Wildman–Crippen MR) is 49.0 cm³/mol. The predicted octanol–water partition coefficient (Wildman–Crippen LogP) is 1.33. The van der Waals surface area contributed by atoms with Crippen molar-refractivity contribution in [1.29, 1.82) is 0 Å². The fraction of sp³-hybridized carbons (Fsp3) is 0.889. The molecule has 0 aromatic rings. The van der Waals surface area contributed by atoms with Gasteiger partial charge >= 0.3 is 5.97 Å². The molecule has 3 heteroatoms. The summed E-state index contributed by atoms with van der Waals surface area (Å²) in [6.45, 7) is 7.55. The number of ether oxygens (including phenoxy) is 1. The van der Waals surface area contributed by atoms with Gasteiger partial charge in [0.1, 0.15) is 11.6 Å². The molecule has 0 saturated heterocycles. The van der Waals surface area contributed by atoms with Crippen molar-refractivity contribution in [3.8, 4) is 0 Å². The van der Waals surface area contributed by atoms with Gasteiger partial charge in [-0.1, -0.05) is 6.92 Å². The van der Waals surface area contributed by atoms with Crippen molar-refractivity contribution in [3.63, 3.8) is 0 Å². The van der Waals surface area contributed by atoms with E-state index in [-0.39, 0.29) is 17.6 Å². The molecule has 0 aliphatic rings. The maximum atomic E-state index is 11.3. The molecule has 1 unspecified atom stereocenters. The SMILES string of the molecule is CCC(NC)C(=O)OC(C)(C)C. The largest absolute Gasteiger partial charge is 0.459 e. The molecule has 0 saturated carbocycles. The van der Waals surface area contributed by atoms with Crippen LogP contribution in [-0.2, 0) is 9.53 Å². The van der Waals surface area contributed by atoms with E-state index in [0.29, 0.717) is 0 Å². The Morgan fingerprint density at radius 3 is 2.25 bits per heavy atom. The van der Waals surface area contributed by atoms with Crippen LogP contribution in [0.2, 0.25) is 0 Å². The number of nitrogens with one attached hydrogen (secondary N) is 1. The van der Waals surface area contributed by atoms with Crippen LogP contribution in [0.3, 0.4) is 0 Å². The molecule has 0 spiro atoms. The van der Waals surface area contributed by atoms with Crippen molar-refractivity contribution in [1.82, 2.24) is 5.32 Å². The van der Waals surface area contributed by atoms with E-state index < -0.39 is 0 Å². The first-order valence-electron chi connectivity index (χ1n) is 4.31. The summed E-state index contributed by atoms with van der Waals surface area (Å²) in [5, 5.41) is 2.90. The summed E-state index contributed by atoms with van der Waals surface area (Å²) in [4.78, 5) is 11.3. The fourth-order valence-corrected chi connectivity index (χ4v) is 0.862. The third-order valence-corrected chi connectivity index (χ3v) is 1.45. The molecule has 0 aliphatic heterocycles. The first-order valence-corrected chi connectivity index (χ1v) is 4.31. The Bertz CT molecular complexity index is 145.